The highest BCUT2D eigenvalue weighted by Crippen LogP contribution is 2.28. The Morgan fingerprint density at radius 3 is 2.41 bits per heavy atom. The Balaban J connectivity index is 0.776. The first-order valence-corrected chi connectivity index (χ1v) is 21.3. The van der Waals surface area contributed by atoms with E-state index in [0.29, 0.717) is 41.2 Å². The maximum Gasteiger partial charge on any atom is 0.329 e. The van der Waals surface area contributed by atoms with E-state index in [1.165, 1.54) is 26.0 Å². The van der Waals surface area contributed by atoms with Crippen molar-refractivity contribution in [3.63, 3.8) is 0 Å². The second-order valence-corrected chi connectivity index (χ2v) is 16.0. The molecule has 0 bridgehead atoms. The number of pyridine rings is 2. The number of amides is 4. The van der Waals surface area contributed by atoms with Crippen LogP contribution < -0.4 is 37.8 Å². The summed E-state index contributed by atoms with van der Waals surface area (Å²) in [5.74, 6) is -0.954. The molecule has 1 saturated heterocycles. The number of unbranched alkanes of at least 4 members (excludes halogenated alkanes) is 6. The first-order chi connectivity index (χ1) is 30.5. The summed E-state index contributed by atoms with van der Waals surface area (Å²) in [4.78, 5) is 85.4. The zero-order valence-electron chi connectivity index (χ0n) is 35.0. The Bertz CT molecular complexity index is 2830. The minimum absolute atomic E-state index is 0.119. The van der Waals surface area contributed by atoms with Crippen molar-refractivity contribution in [2.75, 3.05) is 24.2 Å². The number of anilines is 3. The third kappa shape index (κ3) is 9.08. The molecule has 1 aliphatic carbocycles. The summed E-state index contributed by atoms with van der Waals surface area (Å²) in [5, 5.41) is 18.5. The smallest absolute Gasteiger partial charge is 0.329 e. The van der Waals surface area contributed by atoms with Gasteiger partial charge in [0.2, 0.25) is 11.8 Å². The van der Waals surface area contributed by atoms with Gasteiger partial charge in [0.1, 0.15) is 23.7 Å². The number of hydrogen-bond donors (Lipinski definition) is 5. The molecular weight excluding hydrogens is 812 g/mol. The predicted octanol–water partition coefficient (Wildman–Crippen LogP) is 4.24. The van der Waals surface area contributed by atoms with E-state index in [4.69, 9.17) is 0 Å². The second kappa shape index (κ2) is 18.4. The van der Waals surface area contributed by atoms with Crippen molar-refractivity contribution in [3.05, 3.63) is 105 Å². The number of carbonyl (C=O) groups is 4. The van der Waals surface area contributed by atoms with Crippen molar-refractivity contribution in [3.8, 4) is 5.82 Å². The molecule has 6 aromatic rings. The van der Waals surface area contributed by atoms with Gasteiger partial charge in [-0.15, -0.1) is 5.10 Å². The average Bonchev–Trinajstić information content (AvgIpc) is 3.68. The van der Waals surface area contributed by atoms with E-state index < -0.39 is 35.6 Å². The van der Waals surface area contributed by atoms with Crippen LogP contribution in [0.2, 0.25) is 0 Å². The van der Waals surface area contributed by atoms with Crippen LogP contribution in [0.25, 0.3) is 22.5 Å². The van der Waals surface area contributed by atoms with Gasteiger partial charge in [-0.1, -0.05) is 44.2 Å². The molecule has 5 N–H and O–H groups in total. The first-order valence-electron chi connectivity index (χ1n) is 21.3. The van der Waals surface area contributed by atoms with Gasteiger partial charge < -0.3 is 21.3 Å². The lowest BCUT2D eigenvalue weighted by Gasteiger charge is -2.21. The van der Waals surface area contributed by atoms with Crippen molar-refractivity contribution < 1.29 is 23.6 Å². The molecule has 19 heteroatoms. The molecule has 63 heavy (non-hydrogen) atoms. The molecule has 4 amide bonds. The van der Waals surface area contributed by atoms with Gasteiger partial charge in [0.15, 0.2) is 17.2 Å². The number of alkyl halides is 1. The Morgan fingerprint density at radius 2 is 1.68 bits per heavy atom. The fraction of sp³-hybridized carbons (Fsp3) is 0.386. The molecule has 2 fully saturated rings. The Labute approximate surface area is 360 Å². The lowest BCUT2D eigenvalue weighted by Crippen LogP contribution is -2.44. The molecule has 1 aliphatic heterocycles. The topological polar surface area (TPSA) is 220 Å². The van der Waals surface area contributed by atoms with Gasteiger partial charge in [-0.3, -0.25) is 43.0 Å². The van der Waals surface area contributed by atoms with Gasteiger partial charge in [-0.05, 0) is 61.6 Å². The van der Waals surface area contributed by atoms with Crippen LogP contribution in [-0.4, -0.2) is 82.7 Å². The van der Waals surface area contributed by atoms with Crippen molar-refractivity contribution in [1.82, 2.24) is 49.2 Å². The normalized spacial score (nSPS) is 17.2. The van der Waals surface area contributed by atoms with E-state index in [2.05, 4.69) is 41.7 Å². The second-order valence-electron chi connectivity index (χ2n) is 16.0. The van der Waals surface area contributed by atoms with E-state index >= 15 is 0 Å². The molecule has 1 aromatic carbocycles. The molecule has 0 spiro atoms. The Kier molecular flexibility index (Phi) is 12.4. The zero-order chi connectivity index (χ0) is 44.2. The van der Waals surface area contributed by atoms with Gasteiger partial charge in [0.25, 0.3) is 17.4 Å². The van der Waals surface area contributed by atoms with Crippen molar-refractivity contribution >= 4 is 57.5 Å². The predicted molar refractivity (Wildman–Crippen MR) is 233 cm³/mol. The molecule has 328 valence electrons. The maximum absolute atomic E-state index is 13.6. The molecule has 2 aliphatic rings. The molecule has 3 atom stereocenters. The number of aromatic nitrogens is 7. The van der Waals surface area contributed by atoms with Crippen LogP contribution in [0.15, 0.2) is 76.7 Å². The number of piperidine rings is 1. The number of nitrogens with one attached hydrogen (secondary N) is 5. The van der Waals surface area contributed by atoms with Crippen LogP contribution in [0.3, 0.4) is 0 Å². The Morgan fingerprint density at radius 1 is 0.905 bits per heavy atom. The molecule has 6 heterocycles. The quantitative estimate of drug-likeness (QED) is 0.0608. The van der Waals surface area contributed by atoms with Gasteiger partial charge >= 0.3 is 5.69 Å². The summed E-state index contributed by atoms with van der Waals surface area (Å²) in [5.41, 5.74) is 3.50. The molecule has 5 aromatic heterocycles. The fourth-order valence-electron chi connectivity index (χ4n) is 8.07. The van der Waals surface area contributed by atoms with E-state index in [1.54, 1.807) is 55.2 Å². The monoisotopic (exact) mass is 860 g/mol. The number of aryl methyl sites for hydroxylation is 2. The number of imidazole rings is 2. The first kappa shape index (κ1) is 42.5. The third-order valence-electron chi connectivity index (χ3n) is 11.6. The van der Waals surface area contributed by atoms with E-state index in [-0.39, 0.29) is 47.5 Å². The highest BCUT2D eigenvalue weighted by Gasteiger charge is 2.39. The largest absolute Gasteiger partial charge is 0.385 e. The molecule has 8 rings (SSSR count). The number of carbonyl (C=O) groups excluding carboxylic acids is 4. The van der Waals surface area contributed by atoms with Crippen LogP contribution in [0, 0.1) is 0 Å². The summed E-state index contributed by atoms with van der Waals surface area (Å²) >= 11 is 0. The standard InChI is InChI=1S/C44H49FN12O6/c1-46-31-23-35(53-57-34(25-49-39(31)57)42(61)51-30-22-28(30)45)50-29-14-11-21-55(43(29)62)36-18-16-27(24-48-36)40(59)47-20-9-7-5-3-4-6-8-12-26-13-10-15-32-38(26)54(2)44(63)56(32)33-17-19-37(58)52-41(33)60/h10-11,13-16,18,21,23-25,28,30,33,46H,3-9,12,17,19-20,22H2,1-2H3,(H,47,59)(H,50,53)(H,51,61)(H,52,58,60)/t28-,30+,33?/m0/s1. The molecule has 1 saturated carbocycles. The number of para-hydroxylation sites is 1. The number of imide groups is 1. The van der Waals surface area contributed by atoms with Crippen molar-refractivity contribution in [2.24, 2.45) is 7.05 Å². The lowest BCUT2D eigenvalue weighted by molar-refractivity contribution is -0.135. The molecular formula is C44H49FN12O6. The molecule has 1 unspecified atom stereocenters. The number of halogens is 1. The summed E-state index contributed by atoms with van der Waals surface area (Å²) in [6, 6.07) is 12.7. The van der Waals surface area contributed by atoms with Gasteiger partial charge in [-0.2, -0.15) is 0 Å². The summed E-state index contributed by atoms with van der Waals surface area (Å²) in [7, 11) is 3.41. The van der Waals surface area contributed by atoms with Crippen LogP contribution in [0.1, 0.15) is 96.7 Å². The lowest BCUT2D eigenvalue weighted by atomic mass is 10.0. The van der Waals surface area contributed by atoms with Gasteiger partial charge in [-0.25, -0.2) is 23.7 Å². The van der Waals surface area contributed by atoms with Gasteiger partial charge in [0, 0.05) is 51.9 Å². The molecule has 0 radical (unpaired) electrons. The third-order valence-corrected chi connectivity index (χ3v) is 11.6. The maximum atomic E-state index is 13.6. The van der Waals surface area contributed by atoms with E-state index in [1.807, 2.05) is 18.2 Å². The van der Waals surface area contributed by atoms with Crippen LogP contribution in [0.4, 0.5) is 21.6 Å². The zero-order valence-corrected chi connectivity index (χ0v) is 35.0. The highest BCUT2D eigenvalue weighted by molar-refractivity contribution is 6.00. The van der Waals surface area contributed by atoms with Crippen molar-refractivity contribution in [2.45, 2.75) is 88.9 Å². The molecule has 18 nitrogen and oxygen atoms in total. The van der Waals surface area contributed by atoms with Crippen LogP contribution in [-0.2, 0) is 23.1 Å². The van der Waals surface area contributed by atoms with E-state index in [9.17, 15) is 33.2 Å². The van der Waals surface area contributed by atoms with Gasteiger partial charge in [0.05, 0.1) is 34.5 Å². The van der Waals surface area contributed by atoms with Crippen LogP contribution >= 0.6 is 0 Å². The van der Waals surface area contributed by atoms with Crippen molar-refractivity contribution in [1.29, 1.82) is 0 Å². The Hall–Kier alpha value is -7.18. The summed E-state index contributed by atoms with van der Waals surface area (Å²) in [6.07, 6.45) is 11.9. The number of fused-ring (bicyclic) bond motifs is 2. The number of rotatable bonds is 18. The highest BCUT2D eigenvalue weighted by atomic mass is 19.1. The number of nitrogens with zero attached hydrogens (tertiary/aromatic N) is 7. The van der Waals surface area contributed by atoms with E-state index in [0.717, 1.165) is 62.4 Å². The van der Waals surface area contributed by atoms with Crippen LogP contribution in [0.5, 0.6) is 0 Å². The minimum atomic E-state index is -1.06. The fourth-order valence-corrected chi connectivity index (χ4v) is 8.07. The average molecular weight is 861 g/mol. The number of hydrogen-bond acceptors (Lipinski definition) is 11. The summed E-state index contributed by atoms with van der Waals surface area (Å²) < 4.78 is 19.2. The minimum Gasteiger partial charge on any atom is -0.385 e. The summed E-state index contributed by atoms with van der Waals surface area (Å²) in [6.45, 7) is 0.522. The SMILES string of the molecule is CNc1cc(Nc2cccn(-c3ccc(C(=O)NCCCCCCCCCc4cccc5c4n(C)c(=O)n5C4CCC(=O)NC4=O)cn3)c2=O)nn2c(C(=O)N[C@@H]3C[C@@H]3F)cnc12. The number of benzene rings is 1.